The van der Waals surface area contributed by atoms with Gasteiger partial charge in [0.05, 0.1) is 19.8 Å². The van der Waals surface area contributed by atoms with E-state index >= 15 is 0 Å². The standard InChI is InChI=1S/C12H22O2/c1-11(2)3-7-13-8-4-12-5-9-14-10-6-12/h5,11H,3-4,6-10H2,1-2H3. The number of ether oxygens (including phenoxy) is 2. The topological polar surface area (TPSA) is 18.5 Å². The molecule has 14 heavy (non-hydrogen) atoms. The molecule has 0 aliphatic carbocycles. The Kier molecular flexibility index (Phi) is 5.88. The van der Waals surface area contributed by atoms with Crippen LogP contribution in [-0.4, -0.2) is 26.4 Å². The van der Waals surface area contributed by atoms with Gasteiger partial charge in [0, 0.05) is 6.61 Å². The first-order valence-corrected chi connectivity index (χ1v) is 5.62. The Hall–Kier alpha value is -0.340. The molecule has 0 saturated heterocycles. The molecule has 1 aliphatic heterocycles. The SMILES string of the molecule is CC(C)CCOCCC1=CCOCC1. The fourth-order valence-corrected chi connectivity index (χ4v) is 1.42. The largest absolute Gasteiger partial charge is 0.381 e. The van der Waals surface area contributed by atoms with Crippen LogP contribution in [0.1, 0.15) is 33.1 Å². The molecule has 0 radical (unpaired) electrons. The molecule has 82 valence electrons. The highest BCUT2D eigenvalue weighted by Crippen LogP contribution is 2.11. The number of hydrogen-bond donors (Lipinski definition) is 0. The highest BCUT2D eigenvalue weighted by molar-refractivity contribution is 5.04. The van der Waals surface area contributed by atoms with Gasteiger partial charge in [-0.05, 0) is 25.2 Å². The smallest absolute Gasteiger partial charge is 0.0650 e. The molecule has 0 atom stereocenters. The lowest BCUT2D eigenvalue weighted by molar-refractivity contribution is 0.120. The van der Waals surface area contributed by atoms with Crippen molar-refractivity contribution >= 4 is 0 Å². The minimum absolute atomic E-state index is 0.747. The maximum atomic E-state index is 5.57. The first-order valence-electron chi connectivity index (χ1n) is 5.62. The molecule has 2 nitrogen and oxygen atoms in total. The Labute approximate surface area is 87.3 Å². The van der Waals surface area contributed by atoms with Crippen molar-refractivity contribution in [1.29, 1.82) is 0 Å². The average Bonchev–Trinajstić information content (AvgIpc) is 2.18. The summed E-state index contributed by atoms with van der Waals surface area (Å²) in [6, 6.07) is 0. The van der Waals surface area contributed by atoms with Gasteiger partial charge in [0.15, 0.2) is 0 Å². The summed E-state index contributed by atoms with van der Waals surface area (Å²) in [7, 11) is 0. The van der Waals surface area contributed by atoms with Gasteiger partial charge in [-0.15, -0.1) is 0 Å². The van der Waals surface area contributed by atoms with E-state index in [0.717, 1.165) is 45.2 Å². The van der Waals surface area contributed by atoms with Gasteiger partial charge in [-0.1, -0.05) is 25.5 Å². The van der Waals surface area contributed by atoms with Crippen LogP contribution in [0.15, 0.2) is 11.6 Å². The minimum atomic E-state index is 0.747. The molecule has 0 fully saturated rings. The molecular weight excluding hydrogens is 176 g/mol. The van der Waals surface area contributed by atoms with Crippen molar-refractivity contribution in [3.05, 3.63) is 11.6 Å². The van der Waals surface area contributed by atoms with Gasteiger partial charge < -0.3 is 9.47 Å². The van der Waals surface area contributed by atoms with E-state index in [-0.39, 0.29) is 0 Å². The Morgan fingerprint density at radius 2 is 2.29 bits per heavy atom. The Morgan fingerprint density at radius 1 is 1.43 bits per heavy atom. The van der Waals surface area contributed by atoms with Gasteiger partial charge in [-0.25, -0.2) is 0 Å². The predicted molar refractivity (Wildman–Crippen MR) is 58.4 cm³/mol. The summed E-state index contributed by atoms with van der Waals surface area (Å²) in [5.74, 6) is 0.747. The van der Waals surface area contributed by atoms with E-state index in [0.29, 0.717) is 0 Å². The molecule has 1 heterocycles. The summed E-state index contributed by atoms with van der Waals surface area (Å²) >= 11 is 0. The quantitative estimate of drug-likeness (QED) is 0.482. The average molecular weight is 198 g/mol. The highest BCUT2D eigenvalue weighted by Gasteiger charge is 2.03. The molecule has 1 aliphatic rings. The van der Waals surface area contributed by atoms with E-state index in [1.165, 1.54) is 12.0 Å². The molecular formula is C12H22O2. The van der Waals surface area contributed by atoms with E-state index in [9.17, 15) is 0 Å². The molecule has 0 saturated carbocycles. The third-order valence-electron chi connectivity index (χ3n) is 2.46. The zero-order valence-corrected chi connectivity index (χ0v) is 9.42. The summed E-state index contributed by atoms with van der Waals surface area (Å²) in [4.78, 5) is 0. The second kappa shape index (κ2) is 7.02. The van der Waals surface area contributed by atoms with Crippen molar-refractivity contribution in [2.45, 2.75) is 33.1 Å². The van der Waals surface area contributed by atoms with Crippen molar-refractivity contribution in [3.63, 3.8) is 0 Å². The first kappa shape index (κ1) is 11.7. The monoisotopic (exact) mass is 198 g/mol. The molecule has 0 N–H and O–H groups in total. The van der Waals surface area contributed by atoms with E-state index in [2.05, 4.69) is 19.9 Å². The second-order valence-electron chi connectivity index (χ2n) is 4.23. The van der Waals surface area contributed by atoms with Crippen LogP contribution in [0, 0.1) is 5.92 Å². The summed E-state index contributed by atoms with van der Waals surface area (Å²) in [5, 5.41) is 0. The molecule has 0 aromatic carbocycles. The zero-order chi connectivity index (χ0) is 10.2. The van der Waals surface area contributed by atoms with Crippen LogP contribution in [0.2, 0.25) is 0 Å². The first-order chi connectivity index (χ1) is 6.79. The molecule has 1 rings (SSSR count). The predicted octanol–water partition coefficient (Wildman–Crippen LogP) is 2.79. The lowest BCUT2D eigenvalue weighted by Gasteiger charge is -2.13. The van der Waals surface area contributed by atoms with Crippen LogP contribution < -0.4 is 0 Å². The van der Waals surface area contributed by atoms with Crippen molar-refractivity contribution < 1.29 is 9.47 Å². The fraction of sp³-hybridized carbons (Fsp3) is 0.833. The van der Waals surface area contributed by atoms with Crippen LogP contribution in [0.25, 0.3) is 0 Å². The van der Waals surface area contributed by atoms with Gasteiger partial charge in [0.1, 0.15) is 0 Å². The van der Waals surface area contributed by atoms with Crippen molar-refractivity contribution in [2.24, 2.45) is 5.92 Å². The highest BCUT2D eigenvalue weighted by atomic mass is 16.5. The van der Waals surface area contributed by atoms with E-state index in [4.69, 9.17) is 9.47 Å². The molecule has 0 bridgehead atoms. The second-order valence-corrected chi connectivity index (χ2v) is 4.23. The van der Waals surface area contributed by atoms with Gasteiger partial charge >= 0.3 is 0 Å². The van der Waals surface area contributed by atoms with Crippen LogP contribution in [-0.2, 0) is 9.47 Å². The fourth-order valence-electron chi connectivity index (χ4n) is 1.42. The van der Waals surface area contributed by atoms with Gasteiger partial charge in [-0.2, -0.15) is 0 Å². The van der Waals surface area contributed by atoms with Crippen LogP contribution in [0.3, 0.4) is 0 Å². The molecule has 0 spiro atoms. The summed E-state index contributed by atoms with van der Waals surface area (Å²) in [6.07, 6.45) is 5.53. The van der Waals surface area contributed by atoms with Crippen LogP contribution in [0.4, 0.5) is 0 Å². The number of rotatable bonds is 6. The summed E-state index contributed by atoms with van der Waals surface area (Å²) < 4.78 is 10.8. The third kappa shape index (κ3) is 5.40. The van der Waals surface area contributed by atoms with E-state index in [1.54, 1.807) is 0 Å². The maximum Gasteiger partial charge on any atom is 0.0650 e. The lowest BCUT2D eigenvalue weighted by atomic mass is 10.1. The molecule has 0 amide bonds. The van der Waals surface area contributed by atoms with Gasteiger partial charge in [-0.3, -0.25) is 0 Å². The number of hydrogen-bond acceptors (Lipinski definition) is 2. The van der Waals surface area contributed by atoms with Crippen molar-refractivity contribution in [1.82, 2.24) is 0 Å². The van der Waals surface area contributed by atoms with Gasteiger partial charge in [0.2, 0.25) is 0 Å². The Bertz CT molecular complexity index is 173. The van der Waals surface area contributed by atoms with Crippen LogP contribution in [0.5, 0.6) is 0 Å². The molecule has 0 aromatic heterocycles. The van der Waals surface area contributed by atoms with E-state index < -0.39 is 0 Å². The maximum absolute atomic E-state index is 5.57. The van der Waals surface area contributed by atoms with Gasteiger partial charge in [0.25, 0.3) is 0 Å². The zero-order valence-electron chi connectivity index (χ0n) is 9.42. The van der Waals surface area contributed by atoms with Crippen molar-refractivity contribution in [3.8, 4) is 0 Å². The minimum Gasteiger partial charge on any atom is -0.381 e. The third-order valence-corrected chi connectivity index (χ3v) is 2.46. The molecule has 0 aromatic rings. The van der Waals surface area contributed by atoms with Crippen LogP contribution >= 0.6 is 0 Å². The molecule has 0 unspecified atom stereocenters. The van der Waals surface area contributed by atoms with E-state index in [1.807, 2.05) is 0 Å². The Balaban J connectivity index is 1.95. The normalized spacial score (nSPS) is 17.2. The summed E-state index contributed by atoms with van der Waals surface area (Å²) in [5.41, 5.74) is 1.50. The Morgan fingerprint density at radius 3 is 2.93 bits per heavy atom. The summed E-state index contributed by atoms with van der Waals surface area (Å²) in [6.45, 7) is 7.91. The van der Waals surface area contributed by atoms with Crippen molar-refractivity contribution in [2.75, 3.05) is 26.4 Å². The lowest BCUT2D eigenvalue weighted by Crippen LogP contribution is -2.07. The molecule has 2 heteroatoms.